The van der Waals surface area contributed by atoms with E-state index < -0.39 is 0 Å². The summed E-state index contributed by atoms with van der Waals surface area (Å²) < 4.78 is 0. The molecule has 0 spiro atoms. The van der Waals surface area contributed by atoms with Crippen LogP contribution < -0.4 is 5.32 Å². The lowest BCUT2D eigenvalue weighted by Crippen LogP contribution is -2.64. The van der Waals surface area contributed by atoms with Crippen LogP contribution in [0.4, 0.5) is 0 Å². The molecule has 2 unspecified atom stereocenters. The van der Waals surface area contributed by atoms with Gasteiger partial charge < -0.3 is 5.32 Å². The first-order chi connectivity index (χ1) is 7.58. The van der Waals surface area contributed by atoms with Crippen molar-refractivity contribution in [3.63, 3.8) is 0 Å². The Labute approximate surface area is 101 Å². The fraction of sp³-hybridized carbons (Fsp3) is 0.857. The van der Waals surface area contributed by atoms with Gasteiger partial charge in [0.2, 0.25) is 0 Å². The summed E-state index contributed by atoms with van der Waals surface area (Å²) in [7, 11) is 0. The molecule has 1 aliphatic rings. The van der Waals surface area contributed by atoms with Gasteiger partial charge in [-0.05, 0) is 33.1 Å². The third-order valence-corrected chi connectivity index (χ3v) is 4.25. The van der Waals surface area contributed by atoms with Crippen LogP contribution in [0.1, 0.15) is 47.0 Å². The topological polar surface area (TPSA) is 15.3 Å². The maximum atomic E-state index is 3.85. The van der Waals surface area contributed by atoms with E-state index in [0.29, 0.717) is 17.6 Å². The van der Waals surface area contributed by atoms with Crippen molar-refractivity contribution in [1.29, 1.82) is 0 Å². The molecule has 2 nitrogen and oxygen atoms in total. The summed E-state index contributed by atoms with van der Waals surface area (Å²) in [5.41, 5.74) is 0.335. The van der Waals surface area contributed by atoms with Gasteiger partial charge in [0.15, 0.2) is 0 Å². The Hall–Kier alpha value is -0.340. The number of rotatable bonds is 5. The monoisotopic (exact) mass is 224 g/mol. The van der Waals surface area contributed by atoms with Crippen molar-refractivity contribution < 1.29 is 0 Å². The largest absolute Gasteiger partial charge is 0.308 e. The van der Waals surface area contributed by atoms with E-state index in [1.54, 1.807) is 0 Å². The van der Waals surface area contributed by atoms with Gasteiger partial charge in [-0.15, -0.1) is 6.58 Å². The van der Waals surface area contributed by atoms with Gasteiger partial charge in [-0.3, -0.25) is 4.90 Å². The van der Waals surface area contributed by atoms with Crippen molar-refractivity contribution >= 4 is 0 Å². The summed E-state index contributed by atoms with van der Waals surface area (Å²) in [6.45, 7) is 15.4. The van der Waals surface area contributed by atoms with Crippen LogP contribution in [0.15, 0.2) is 12.7 Å². The molecule has 1 rings (SSSR count). The molecule has 94 valence electrons. The Morgan fingerprint density at radius 1 is 1.50 bits per heavy atom. The second-order valence-electron chi connectivity index (χ2n) is 5.26. The SMILES string of the molecule is C=CCC(C)N1CC(CC)(CC)NCC1C. The molecule has 2 heteroatoms. The van der Waals surface area contributed by atoms with Crippen LogP contribution in [-0.4, -0.2) is 35.6 Å². The standard InChI is InChI=1S/C14H28N2/c1-6-9-12(4)16-11-14(7-2,8-3)15-10-13(16)5/h6,12-13,15H,1,7-11H2,2-5H3. The van der Waals surface area contributed by atoms with Gasteiger partial charge in [0.1, 0.15) is 0 Å². The Morgan fingerprint density at radius 3 is 2.62 bits per heavy atom. The van der Waals surface area contributed by atoms with Crippen LogP contribution >= 0.6 is 0 Å². The van der Waals surface area contributed by atoms with Crippen molar-refractivity contribution in [1.82, 2.24) is 10.2 Å². The lowest BCUT2D eigenvalue weighted by atomic mass is 9.88. The molecule has 0 bridgehead atoms. The van der Waals surface area contributed by atoms with Crippen molar-refractivity contribution in [3.8, 4) is 0 Å². The summed E-state index contributed by atoms with van der Waals surface area (Å²) in [6.07, 6.45) is 5.56. The molecule has 1 N–H and O–H groups in total. The molecular formula is C14H28N2. The van der Waals surface area contributed by atoms with Crippen LogP contribution in [0.25, 0.3) is 0 Å². The molecule has 16 heavy (non-hydrogen) atoms. The van der Waals surface area contributed by atoms with Crippen molar-refractivity contribution in [3.05, 3.63) is 12.7 Å². The maximum Gasteiger partial charge on any atom is 0.0304 e. The minimum Gasteiger partial charge on any atom is -0.308 e. The number of piperazine rings is 1. The molecule has 0 saturated carbocycles. The van der Waals surface area contributed by atoms with Gasteiger partial charge in [-0.1, -0.05) is 19.9 Å². The second kappa shape index (κ2) is 5.83. The van der Waals surface area contributed by atoms with Crippen molar-refractivity contribution in [2.24, 2.45) is 0 Å². The highest BCUT2D eigenvalue weighted by Gasteiger charge is 2.36. The summed E-state index contributed by atoms with van der Waals surface area (Å²) in [4.78, 5) is 2.64. The smallest absolute Gasteiger partial charge is 0.0304 e. The fourth-order valence-corrected chi connectivity index (χ4v) is 2.73. The zero-order valence-electron chi connectivity index (χ0n) is 11.4. The fourth-order valence-electron chi connectivity index (χ4n) is 2.73. The van der Waals surface area contributed by atoms with Gasteiger partial charge in [0.05, 0.1) is 0 Å². The molecule has 1 heterocycles. The van der Waals surface area contributed by atoms with E-state index in [0.717, 1.165) is 13.0 Å². The Bertz CT molecular complexity index is 221. The number of hydrogen-bond acceptors (Lipinski definition) is 2. The molecule has 0 aromatic heterocycles. The Balaban J connectivity index is 2.70. The molecule has 1 saturated heterocycles. The van der Waals surface area contributed by atoms with Crippen LogP contribution in [0, 0.1) is 0 Å². The Morgan fingerprint density at radius 2 is 2.12 bits per heavy atom. The van der Waals surface area contributed by atoms with Crippen molar-refractivity contribution in [2.75, 3.05) is 13.1 Å². The summed E-state index contributed by atoms with van der Waals surface area (Å²) >= 11 is 0. The molecular weight excluding hydrogens is 196 g/mol. The molecule has 1 aliphatic heterocycles. The Kier molecular flexibility index (Phi) is 5.00. The highest BCUT2D eigenvalue weighted by molar-refractivity contribution is 4.97. The van der Waals surface area contributed by atoms with Crippen LogP contribution in [-0.2, 0) is 0 Å². The minimum absolute atomic E-state index is 0.335. The summed E-state index contributed by atoms with van der Waals surface area (Å²) in [5, 5.41) is 3.74. The number of nitrogens with zero attached hydrogens (tertiary/aromatic N) is 1. The van der Waals surface area contributed by atoms with E-state index in [9.17, 15) is 0 Å². The zero-order chi connectivity index (χ0) is 12.2. The van der Waals surface area contributed by atoms with Crippen LogP contribution in [0.5, 0.6) is 0 Å². The first-order valence-corrected chi connectivity index (χ1v) is 6.70. The predicted octanol–water partition coefficient (Wildman–Crippen LogP) is 2.80. The van der Waals surface area contributed by atoms with Gasteiger partial charge in [-0.2, -0.15) is 0 Å². The quantitative estimate of drug-likeness (QED) is 0.722. The molecule has 2 atom stereocenters. The highest BCUT2D eigenvalue weighted by atomic mass is 15.3. The average Bonchev–Trinajstić information content (AvgIpc) is 2.30. The van der Waals surface area contributed by atoms with Gasteiger partial charge in [0, 0.05) is 30.7 Å². The van der Waals surface area contributed by atoms with E-state index >= 15 is 0 Å². The summed E-state index contributed by atoms with van der Waals surface area (Å²) in [5.74, 6) is 0. The van der Waals surface area contributed by atoms with Gasteiger partial charge >= 0.3 is 0 Å². The molecule has 0 aromatic carbocycles. The molecule has 1 fully saturated rings. The van der Waals surface area contributed by atoms with Crippen LogP contribution in [0.2, 0.25) is 0 Å². The third kappa shape index (κ3) is 2.86. The van der Waals surface area contributed by atoms with Gasteiger partial charge in [-0.25, -0.2) is 0 Å². The molecule has 0 radical (unpaired) electrons. The van der Waals surface area contributed by atoms with E-state index in [1.807, 2.05) is 6.08 Å². The normalized spacial score (nSPS) is 27.6. The van der Waals surface area contributed by atoms with Crippen molar-refractivity contribution in [2.45, 2.75) is 64.6 Å². The molecule has 0 aromatic rings. The lowest BCUT2D eigenvalue weighted by molar-refractivity contribution is 0.0510. The van der Waals surface area contributed by atoms with Gasteiger partial charge in [0.25, 0.3) is 0 Å². The van der Waals surface area contributed by atoms with Crippen LogP contribution in [0.3, 0.4) is 0 Å². The van der Waals surface area contributed by atoms with E-state index in [2.05, 4.69) is 44.5 Å². The maximum absolute atomic E-state index is 3.85. The average molecular weight is 224 g/mol. The van der Waals surface area contributed by atoms with E-state index in [1.165, 1.54) is 19.4 Å². The first kappa shape index (κ1) is 13.7. The highest BCUT2D eigenvalue weighted by Crippen LogP contribution is 2.24. The zero-order valence-corrected chi connectivity index (χ0v) is 11.4. The number of hydrogen-bond donors (Lipinski definition) is 1. The minimum atomic E-state index is 0.335. The number of nitrogens with one attached hydrogen (secondary N) is 1. The van der Waals surface area contributed by atoms with E-state index in [-0.39, 0.29) is 0 Å². The van der Waals surface area contributed by atoms with E-state index in [4.69, 9.17) is 0 Å². The molecule has 0 amide bonds. The third-order valence-electron chi connectivity index (χ3n) is 4.25. The molecule has 0 aliphatic carbocycles. The second-order valence-corrected chi connectivity index (χ2v) is 5.26. The summed E-state index contributed by atoms with van der Waals surface area (Å²) in [6, 6.07) is 1.26. The predicted molar refractivity (Wildman–Crippen MR) is 71.8 cm³/mol. The first-order valence-electron chi connectivity index (χ1n) is 6.70. The lowest BCUT2D eigenvalue weighted by Gasteiger charge is -2.48.